The van der Waals surface area contributed by atoms with Crippen LogP contribution in [0.4, 0.5) is 0 Å². The van der Waals surface area contributed by atoms with E-state index in [2.05, 4.69) is 27.6 Å². The minimum absolute atomic E-state index is 0.566. The smallest absolute Gasteiger partial charge is 0.191 e. The molecule has 2 rings (SSSR count). The highest BCUT2D eigenvalue weighted by Crippen LogP contribution is 2.23. The van der Waals surface area contributed by atoms with Gasteiger partial charge in [-0.15, -0.1) is 0 Å². The highest BCUT2D eigenvalue weighted by molar-refractivity contribution is 5.79. The van der Waals surface area contributed by atoms with E-state index >= 15 is 0 Å². The van der Waals surface area contributed by atoms with Gasteiger partial charge in [0.05, 0.1) is 6.20 Å². The van der Waals surface area contributed by atoms with Crippen LogP contribution in [0, 0.1) is 5.92 Å². The number of hydrogen-bond acceptors (Lipinski definition) is 2. The molecule has 0 aromatic carbocycles. The lowest BCUT2D eigenvalue weighted by molar-refractivity contribution is 0.329. The monoisotopic (exact) mass is 263 g/mol. The number of aryl methyl sites for hydroxylation is 1. The summed E-state index contributed by atoms with van der Waals surface area (Å²) >= 11 is 0. The van der Waals surface area contributed by atoms with Crippen molar-refractivity contribution < 1.29 is 0 Å². The lowest BCUT2D eigenvalue weighted by atomic mass is 9.87. The van der Waals surface area contributed by atoms with Crippen molar-refractivity contribution in [3.63, 3.8) is 0 Å². The van der Waals surface area contributed by atoms with Gasteiger partial charge in [0.25, 0.3) is 0 Å². The molecule has 0 radical (unpaired) electrons. The topological polar surface area (TPSA) is 54.2 Å². The number of rotatable bonds is 3. The summed E-state index contributed by atoms with van der Waals surface area (Å²) in [5.41, 5.74) is 1.17. The van der Waals surface area contributed by atoms with Gasteiger partial charge in [-0.2, -0.15) is 5.10 Å². The molecule has 5 heteroatoms. The minimum Gasteiger partial charge on any atom is -0.354 e. The molecule has 0 atom stereocenters. The van der Waals surface area contributed by atoms with Gasteiger partial charge >= 0.3 is 0 Å². The highest BCUT2D eigenvalue weighted by Gasteiger charge is 2.18. The van der Waals surface area contributed by atoms with Gasteiger partial charge in [0, 0.05) is 38.4 Å². The van der Waals surface area contributed by atoms with Crippen molar-refractivity contribution in [1.29, 1.82) is 0 Å². The SMILES string of the molecule is CN=C(NCc1cnn(C)c1)NC1CCC(C)CC1. The first kappa shape index (κ1) is 13.9. The number of hydrogen-bond donors (Lipinski definition) is 2. The second-order valence-electron chi connectivity index (χ2n) is 5.55. The summed E-state index contributed by atoms with van der Waals surface area (Å²) in [7, 11) is 3.75. The Kier molecular flexibility index (Phi) is 4.82. The third-order valence-electron chi connectivity index (χ3n) is 3.80. The van der Waals surface area contributed by atoms with Gasteiger partial charge in [0.2, 0.25) is 0 Å². The predicted octanol–water partition coefficient (Wildman–Crippen LogP) is 1.66. The first-order valence-electron chi connectivity index (χ1n) is 7.12. The Balaban J connectivity index is 1.77. The highest BCUT2D eigenvalue weighted by atomic mass is 15.2. The molecule has 106 valence electrons. The molecule has 0 bridgehead atoms. The molecule has 1 heterocycles. The van der Waals surface area contributed by atoms with Crippen LogP contribution in [0.2, 0.25) is 0 Å². The molecule has 0 aliphatic heterocycles. The third-order valence-corrected chi connectivity index (χ3v) is 3.80. The second kappa shape index (κ2) is 6.59. The molecule has 0 amide bonds. The standard InChI is InChI=1S/C14H25N5/c1-11-4-6-13(7-5-11)18-14(15-2)16-8-12-9-17-19(3)10-12/h9-11,13H,4-8H2,1-3H3,(H2,15,16,18). The summed E-state index contributed by atoms with van der Waals surface area (Å²) in [6.45, 7) is 3.10. The fraction of sp³-hybridized carbons (Fsp3) is 0.714. The largest absolute Gasteiger partial charge is 0.354 e. The predicted molar refractivity (Wildman–Crippen MR) is 78.0 cm³/mol. The van der Waals surface area contributed by atoms with Gasteiger partial charge in [-0.25, -0.2) is 0 Å². The number of aromatic nitrogens is 2. The summed E-state index contributed by atoms with van der Waals surface area (Å²) < 4.78 is 1.82. The molecule has 19 heavy (non-hydrogen) atoms. The van der Waals surface area contributed by atoms with E-state index in [1.165, 1.54) is 31.2 Å². The zero-order valence-electron chi connectivity index (χ0n) is 12.2. The lowest BCUT2D eigenvalue weighted by Crippen LogP contribution is -2.44. The van der Waals surface area contributed by atoms with Crippen molar-refractivity contribution in [2.75, 3.05) is 7.05 Å². The Bertz CT molecular complexity index is 415. The van der Waals surface area contributed by atoms with Crippen LogP contribution in [0.5, 0.6) is 0 Å². The molecule has 1 fully saturated rings. The molecule has 2 N–H and O–H groups in total. The normalized spacial score (nSPS) is 24.3. The minimum atomic E-state index is 0.566. The molecule has 1 aromatic rings. The van der Waals surface area contributed by atoms with Crippen molar-refractivity contribution in [3.8, 4) is 0 Å². The van der Waals surface area contributed by atoms with Crippen molar-refractivity contribution in [2.45, 2.75) is 45.2 Å². The molecule has 0 spiro atoms. The number of nitrogens with one attached hydrogen (secondary N) is 2. The van der Waals surface area contributed by atoms with Crippen LogP contribution >= 0.6 is 0 Å². The Morgan fingerprint density at radius 3 is 2.74 bits per heavy atom. The van der Waals surface area contributed by atoms with Crippen LogP contribution in [-0.2, 0) is 13.6 Å². The van der Waals surface area contributed by atoms with Gasteiger partial charge < -0.3 is 10.6 Å². The van der Waals surface area contributed by atoms with Crippen molar-refractivity contribution >= 4 is 5.96 Å². The molecular weight excluding hydrogens is 238 g/mol. The first-order valence-corrected chi connectivity index (χ1v) is 7.12. The lowest BCUT2D eigenvalue weighted by Gasteiger charge is -2.28. The van der Waals surface area contributed by atoms with Gasteiger partial charge in [0.1, 0.15) is 0 Å². The molecule has 0 saturated heterocycles. The zero-order valence-corrected chi connectivity index (χ0v) is 12.2. The third kappa shape index (κ3) is 4.26. The number of aliphatic imine (C=N–C) groups is 1. The van der Waals surface area contributed by atoms with E-state index in [1.54, 1.807) is 0 Å². The van der Waals surface area contributed by atoms with Gasteiger partial charge in [-0.1, -0.05) is 6.92 Å². The summed E-state index contributed by atoms with van der Waals surface area (Å²) in [5.74, 6) is 1.77. The summed E-state index contributed by atoms with van der Waals surface area (Å²) in [6, 6.07) is 0.566. The van der Waals surface area contributed by atoms with Crippen LogP contribution in [-0.4, -0.2) is 28.8 Å². The average molecular weight is 263 g/mol. The van der Waals surface area contributed by atoms with Crippen LogP contribution in [0.1, 0.15) is 38.2 Å². The van der Waals surface area contributed by atoms with E-state index in [9.17, 15) is 0 Å². The average Bonchev–Trinajstić information content (AvgIpc) is 2.82. The van der Waals surface area contributed by atoms with Gasteiger partial charge in [0.15, 0.2) is 5.96 Å². The summed E-state index contributed by atoms with van der Waals surface area (Å²) in [6.07, 6.45) is 9.02. The molecule has 1 saturated carbocycles. The Labute approximate surface area is 115 Å². The molecule has 1 aliphatic rings. The summed E-state index contributed by atoms with van der Waals surface area (Å²) in [5, 5.41) is 11.0. The van der Waals surface area contributed by atoms with Crippen LogP contribution in [0.25, 0.3) is 0 Å². The summed E-state index contributed by atoms with van der Waals surface area (Å²) in [4.78, 5) is 4.29. The quantitative estimate of drug-likeness (QED) is 0.644. The fourth-order valence-corrected chi connectivity index (χ4v) is 2.54. The number of guanidine groups is 1. The number of nitrogens with zero attached hydrogens (tertiary/aromatic N) is 3. The van der Waals surface area contributed by atoms with Crippen LogP contribution in [0.3, 0.4) is 0 Å². The molecule has 5 nitrogen and oxygen atoms in total. The van der Waals surface area contributed by atoms with Gasteiger partial charge in [-0.3, -0.25) is 9.67 Å². The second-order valence-corrected chi connectivity index (χ2v) is 5.55. The van der Waals surface area contributed by atoms with E-state index in [-0.39, 0.29) is 0 Å². The first-order chi connectivity index (χ1) is 9.17. The van der Waals surface area contributed by atoms with E-state index < -0.39 is 0 Å². The van der Waals surface area contributed by atoms with E-state index in [1.807, 2.05) is 31.2 Å². The maximum absolute atomic E-state index is 4.29. The van der Waals surface area contributed by atoms with Crippen LogP contribution in [0.15, 0.2) is 17.4 Å². The van der Waals surface area contributed by atoms with Gasteiger partial charge in [-0.05, 0) is 31.6 Å². The van der Waals surface area contributed by atoms with Crippen LogP contribution < -0.4 is 10.6 Å². The molecule has 1 aromatic heterocycles. The van der Waals surface area contributed by atoms with Crippen molar-refractivity contribution in [1.82, 2.24) is 20.4 Å². The molecule has 1 aliphatic carbocycles. The molecular formula is C14H25N5. The van der Waals surface area contributed by atoms with Crippen molar-refractivity contribution in [3.05, 3.63) is 18.0 Å². The maximum Gasteiger partial charge on any atom is 0.191 e. The Hall–Kier alpha value is -1.52. The Morgan fingerprint density at radius 1 is 1.42 bits per heavy atom. The Morgan fingerprint density at radius 2 is 2.16 bits per heavy atom. The van der Waals surface area contributed by atoms with E-state index in [0.717, 1.165) is 18.4 Å². The fourth-order valence-electron chi connectivity index (χ4n) is 2.54. The zero-order chi connectivity index (χ0) is 13.7. The molecule has 0 unspecified atom stereocenters. The van der Waals surface area contributed by atoms with E-state index in [0.29, 0.717) is 6.04 Å². The van der Waals surface area contributed by atoms with E-state index in [4.69, 9.17) is 0 Å². The van der Waals surface area contributed by atoms with Crippen molar-refractivity contribution in [2.24, 2.45) is 18.0 Å². The maximum atomic E-state index is 4.29.